The van der Waals surface area contributed by atoms with Gasteiger partial charge in [0.2, 0.25) is 0 Å². The van der Waals surface area contributed by atoms with Gasteiger partial charge >= 0.3 is 0 Å². The van der Waals surface area contributed by atoms with Crippen LogP contribution in [0.2, 0.25) is 0 Å². The van der Waals surface area contributed by atoms with Crippen molar-refractivity contribution in [3.63, 3.8) is 0 Å². The van der Waals surface area contributed by atoms with Gasteiger partial charge in [0.1, 0.15) is 11.9 Å². The monoisotopic (exact) mass is 282 g/mol. The Kier molecular flexibility index (Phi) is 3.15. The fourth-order valence-electron chi connectivity index (χ4n) is 4.21. The third-order valence-electron chi connectivity index (χ3n) is 5.55. The standard InChI is InChI=1S/C19H22O2/c20-17-13-18(19(17)11-4-1-5-12-19)21-16-10-6-8-14-7-2-3-9-15(14)16/h2-3,6-10,17-18,20H,1,4-5,11-13H2. The van der Waals surface area contributed by atoms with Gasteiger partial charge in [-0.2, -0.15) is 0 Å². The Labute approximate surface area is 125 Å². The van der Waals surface area contributed by atoms with Crippen molar-refractivity contribution >= 4 is 10.8 Å². The van der Waals surface area contributed by atoms with Crippen LogP contribution in [-0.4, -0.2) is 17.3 Å². The number of fused-ring (bicyclic) bond motifs is 1. The first kappa shape index (κ1) is 13.1. The van der Waals surface area contributed by atoms with E-state index in [-0.39, 0.29) is 17.6 Å². The minimum atomic E-state index is -0.169. The number of aliphatic hydroxyl groups is 1. The molecule has 2 aliphatic carbocycles. The molecule has 2 heteroatoms. The van der Waals surface area contributed by atoms with Crippen molar-refractivity contribution in [1.82, 2.24) is 0 Å². The van der Waals surface area contributed by atoms with Crippen LogP contribution in [0.3, 0.4) is 0 Å². The summed E-state index contributed by atoms with van der Waals surface area (Å²) in [5.41, 5.74) is 0.0230. The Morgan fingerprint density at radius 1 is 0.952 bits per heavy atom. The molecular weight excluding hydrogens is 260 g/mol. The molecule has 0 aromatic heterocycles. The number of hydrogen-bond acceptors (Lipinski definition) is 2. The van der Waals surface area contributed by atoms with Crippen LogP contribution in [0.5, 0.6) is 5.75 Å². The topological polar surface area (TPSA) is 29.5 Å². The lowest BCUT2D eigenvalue weighted by Gasteiger charge is -2.55. The first-order valence-electron chi connectivity index (χ1n) is 8.12. The lowest BCUT2D eigenvalue weighted by molar-refractivity contribution is -0.171. The summed E-state index contributed by atoms with van der Waals surface area (Å²) in [5.74, 6) is 0.968. The summed E-state index contributed by atoms with van der Waals surface area (Å²) in [6, 6.07) is 14.6. The lowest BCUT2D eigenvalue weighted by Crippen LogP contribution is -2.60. The molecule has 0 aliphatic heterocycles. The van der Waals surface area contributed by atoms with E-state index in [1.54, 1.807) is 0 Å². The average Bonchev–Trinajstić information content (AvgIpc) is 2.55. The quantitative estimate of drug-likeness (QED) is 0.889. The van der Waals surface area contributed by atoms with Gasteiger partial charge in [0.25, 0.3) is 0 Å². The molecule has 2 saturated carbocycles. The van der Waals surface area contributed by atoms with Gasteiger partial charge in [-0.1, -0.05) is 55.7 Å². The molecule has 2 unspecified atom stereocenters. The summed E-state index contributed by atoms with van der Waals surface area (Å²) in [5, 5.41) is 12.7. The van der Waals surface area contributed by atoms with Gasteiger partial charge in [0, 0.05) is 17.2 Å². The summed E-state index contributed by atoms with van der Waals surface area (Å²) in [6.07, 6.45) is 6.78. The number of ether oxygens (including phenoxy) is 1. The van der Waals surface area contributed by atoms with Crippen LogP contribution in [0.4, 0.5) is 0 Å². The summed E-state index contributed by atoms with van der Waals surface area (Å²) in [4.78, 5) is 0. The summed E-state index contributed by atoms with van der Waals surface area (Å²) in [7, 11) is 0. The fourth-order valence-corrected chi connectivity index (χ4v) is 4.21. The predicted octanol–water partition coefficient (Wildman–Crippen LogP) is 4.30. The van der Waals surface area contributed by atoms with Gasteiger partial charge in [-0.05, 0) is 24.3 Å². The van der Waals surface area contributed by atoms with Gasteiger partial charge in [-0.25, -0.2) is 0 Å². The molecule has 2 aliphatic rings. The van der Waals surface area contributed by atoms with Crippen molar-refractivity contribution in [2.24, 2.45) is 5.41 Å². The Bertz CT molecular complexity index is 638. The van der Waals surface area contributed by atoms with E-state index in [4.69, 9.17) is 4.74 Å². The molecule has 0 bridgehead atoms. The van der Waals surface area contributed by atoms with Gasteiger partial charge < -0.3 is 9.84 Å². The van der Waals surface area contributed by atoms with Crippen molar-refractivity contribution in [2.45, 2.75) is 50.7 Å². The molecule has 0 amide bonds. The zero-order valence-electron chi connectivity index (χ0n) is 12.3. The Hall–Kier alpha value is -1.54. The minimum absolute atomic E-state index is 0.0230. The highest BCUT2D eigenvalue weighted by Crippen LogP contribution is 2.53. The molecule has 0 saturated heterocycles. The average molecular weight is 282 g/mol. The van der Waals surface area contributed by atoms with Crippen LogP contribution in [0, 0.1) is 5.41 Å². The van der Waals surface area contributed by atoms with E-state index in [2.05, 4.69) is 42.5 Å². The third-order valence-corrected chi connectivity index (χ3v) is 5.55. The second-order valence-corrected chi connectivity index (χ2v) is 6.63. The third kappa shape index (κ3) is 2.04. The lowest BCUT2D eigenvalue weighted by atomic mass is 9.56. The van der Waals surface area contributed by atoms with Gasteiger partial charge in [-0.3, -0.25) is 0 Å². The number of hydrogen-bond donors (Lipinski definition) is 1. The summed E-state index contributed by atoms with van der Waals surface area (Å²) in [6.45, 7) is 0. The molecule has 1 spiro atoms. The highest BCUT2D eigenvalue weighted by Gasteiger charge is 2.56. The van der Waals surface area contributed by atoms with Crippen LogP contribution < -0.4 is 4.74 Å². The summed E-state index contributed by atoms with van der Waals surface area (Å²) >= 11 is 0. The highest BCUT2D eigenvalue weighted by atomic mass is 16.5. The predicted molar refractivity (Wildman–Crippen MR) is 84.5 cm³/mol. The van der Waals surface area contributed by atoms with E-state index >= 15 is 0 Å². The minimum Gasteiger partial charge on any atom is -0.489 e. The second kappa shape index (κ2) is 5.03. The van der Waals surface area contributed by atoms with E-state index < -0.39 is 0 Å². The zero-order chi connectivity index (χ0) is 14.3. The second-order valence-electron chi connectivity index (χ2n) is 6.63. The first-order chi connectivity index (χ1) is 10.3. The number of aliphatic hydroxyl groups excluding tert-OH is 1. The first-order valence-corrected chi connectivity index (χ1v) is 8.12. The largest absolute Gasteiger partial charge is 0.489 e. The SMILES string of the molecule is OC1CC(Oc2cccc3ccccc23)C12CCCCC2. The van der Waals surface area contributed by atoms with Crippen molar-refractivity contribution in [3.05, 3.63) is 42.5 Å². The van der Waals surface area contributed by atoms with E-state index in [1.807, 2.05) is 0 Å². The Morgan fingerprint density at radius 3 is 2.52 bits per heavy atom. The smallest absolute Gasteiger partial charge is 0.127 e. The van der Waals surface area contributed by atoms with Crippen molar-refractivity contribution in [2.75, 3.05) is 0 Å². The maximum absolute atomic E-state index is 10.3. The molecule has 4 rings (SSSR count). The van der Waals surface area contributed by atoms with E-state index in [0.29, 0.717) is 0 Å². The number of benzene rings is 2. The van der Waals surface area contributed by atoms with Crippen LogP contribution >= 0.6 is 0 Å². The van der Waals surface area contributed by atoms with E-state index in [9.17, 15) is 5.11 Å². The summed E-state index contributed by atoms with van der Waals surface area (Å²) < 4.78 is 6.37. The van der Waals surface area contributed by atoms with Crippen LogP contribution in [0.1, 0.15) is 38.5 Å². The van der Waals surface area contributed by atoms with Crippen molar-refractivity contribution < 1.29 is 9.84 Å². The van der Waals surface area contributed by atoms with Gasteiger partial charge in [0.15, 0.2) is 0 Å². The molecule has 2 fully saturated rings. The van der Waals surface area contributed by atoms with Gasteiger partial charge in [0.05, 0.1) is 6.10 Å². The molecule has 0 radical (unpaired) electrons. The Morgan fingerprint density at radius 2 is 1.71 bits per heavy atom. The van der Waals surface area contributed by atoms with Crippen molar-refractivity contribution in [1.29, 1.82) is 0 Å². The highest BCUT2D eigenvalue weighted by molar-refractivity contribution is 5.88. The van der Waals surface area contributed by atoms with Crippen LogP contribution in [-0.2, 0) is 0 Å². The molecular formula is C19H22O2. The van der Waals surface area contributed by atoms with E-state index in [1.165, 1.54) is 30.0 Å². The number of rotatable bonds is 2. The van der Waals surface area contributed by atoms with E-state index in [0.717, 1.165) is 25.0 Å². The molecule has 2 aromatic rings. The molecule has 21 heavy (non-hydrogen) atoms. The molecule has 2 aromatic carbocycles. The maximum atomic E-state index is 10.3. The Balaban J connectivity index is 1.63. The van der Waals surface area contributed by atoms with Crippen molar-refractivity contribution in [3.8, 4) is 5.75 Å². The van der Waals surface area contributed by atoms with Crippen LogP contribution in [0.25, 0.3) is 10.8 Å². The molecule has 2 atom stereocenters. The molecule has 110 valence electrons. The fraction of sp³-hybridized carbons (Fsp3) is 0.474. The zero-order valence-corrected chi connectivity index (χ0v) is 12.3. The van der Waals surface area contributed by atoms with Gasteiger partial charge in [-0.15, -0.1) is 0 Å². The maximum Gasteiger partial charge on any atom is 0.127 e. The molecule has 1 N–H and O–H groups in total. The van der Waals surface area contributed by atoms with Crippen LogP contribution in [0.15, 0.2) is 42.5 Å². The molecule has 0 heterocycles. The molecule has 2 nitrogen and oxygen atoms in total. The normalized spacial score (nSPS) is 27.5.